The molecule has 4 rings (SSSR count). The Hall–Kier alpha value is -3.34. The summed E-state index contributed by atoms with van der Waals surface area (Å²) in [4.78, 5) is 38.4. The van der Waals surface area contributed by atoms with Crippen LogP contribution in [0.5, 0.6) is 5.75 Å². The maximum atomic E-state index is 16.2. The second-order valence-electron chi connectivity index (χ2n) is 10.2. The first kappa shape index (κ1) is 27.7. The fraction of sp³-hybridized carbons (Fsp3) is 0.370. The number of hydrogen-bond acceptors (Lipinski definition) is 5. The van der Waals surface area contributed by atoms with Gasteiger partial charge in [-0.3, -0.25) is 19.7 Å². The van der Waals surface area contributed by atoms with Crippen LogP contribution in [0.2, 0.25) is 0 Å². The molecule has 3 amide bonds. The summed E-state index contributed by atoms with van der Waals surface area (Å²) in [6.07, 6.45) is -4.86. The molecule has 2 heterocycles. The topological polar surface area (TPSA) is 75.7 Å². The van der Waals surface area contributed by atoms with Crippen molar-refractivity contribution in [3.63, 3.8) is 0 Å². The minimum Gasteiger partial charge on any atom is -0.405 e. The molecule has 0 atom stereocenters. The van der Waals surface area contributed by atoms with Gasteiger partial charge in [-0.25, -0.2) is 4.39 Å². The Kier molecular flexibility index (Phi) is 6.88. The van der Waals surface area contributed by atoms with Gasteiger partial charge in [-0.15, -0.1) is 13.2 Å². The van der Waals surface area contributed by atoms with Crippen molar-refractivity contribution in [3.8, 4) is 16.9 Å². The van der Waals surface area contributed by atoms with E-state index in [4.69, 9.17) is 0 Å². The molecule has 11 heteroatoms. The van der Waals surface area contributed by atoms with Gasteiger partial charge in [0.05, 0.1) is 10.5 Å². The number of fused-ring (bicyclic) bond motifs is 1. The van der Waals surface area contributed by atoms with Crippen LogP contribution in [0.3, 0.4) is 0 Å². The molecule has 1 N–H and O–H groups in total. The van der Waals surface area contributed by atoms with Gasteiger partial charge in [-0.05, 0) is 79.9 Å². The molecule has 38 heavy (non-hydrogen) atoms. The zero-order chi connectivity index (χ0) is 28.3. The van der Waals surface area contributed by atoms with Crippen LogP contribution in [0, 0.1) is 12.7 Å². The van der Waals surface area contributed by atoms with Crippen molar-refractivity contribution in [2.45, 2.75) is 65.8 Å². The number of aryl methyl sites for hydroxylation is 1. The van der Waals surface area contributed by atoms with Crippen LogP contribution in [0.4, 0.5) is 28.0 Å². The number of imide groups is 1. The number of hydrogen-bond donors (Lipinski definition) is 1. The highest BCUT2D eigenvalue weighted by Gasteiger charge is 2.39. The summed E-state index contributed by atoms with van der Waals surface area (Å²) in [7, 11) is 0. The van der Waals surface area contributed by atoms with Gasteiger partial charge in [0.15, 0.2) is 0 Å². The lowest BCUT2D eigenvalue weighted by Gasteiger charge is -2.41. The van der Waals surface area contributed by atoms with Crippen molar-refractivity contribution in [3.05, 3.63) is 51.7 Å². The van der Waals surface area contributed by atoms with Gasteiger partial charge in [0.25, 0.3) is 11.1 Å². The molecule has 1 fully saturated rings. The SMILES string of the molecule is C/C(=C1/SC(=O)NC1=O)c1ccc(OC(F)(F)F)c(-c2cc3c(cc2C)C(C)(C)CC(=O)N3C(C)C)c1F. The van der Waals surface area contributed by atoms with Crippen molar-refractivity contribution in [2.75, 3.05) is 4.90 Å². The number of thioether (sulfide) groups is 1. The third-order valence-electron chi connectivity index (χ3n) is 6.67. The minimum absolute atomic E-state index is 0.0511. The fourth-order valence-corrected chi connectivity index (χ4v) is 5.69. The van der Waals surface area contributed by atoms with Gasteiger partial charge in [0, 0.05) is 29.1 Å². The van der Waals surface area contributed by atoms with E-state index in [1.54, 1.807) is 17.9 Å². The molecule has 0 saturated carbocycles. The van der Waals surface area contributed by atoms with Crippen molar-refractivity contribution >= 4 is 40.1 Å². The molecule has 0 aliphatic carbocycles. The molecule has 1 saturated heterocycles. The Balaban J connectivity index is 2.02. The van der Waals surface area contributed by atoms with Gasteiger partial charge in [-0.2, -0.15) is 0 Å². The summed E-state index contributed by atoms with van der Waals surface area (Å²) in [5.41, 5.74) is 0.806. The van der Waals surface area contributed by atoms with Crippen molar-refractivity contribution < 1.29 is 36.7 Å². The molecule has 6 nitrogen and oxygen atoms in total. The number of carbonyl (C=O) groups excluding carboxylic acids is 3. The predicted molar refractivity (Wildman–Crippen MR) is 137 cm³/mol. The molecular weight excluding hydrogens is 524 g/mol. The lowest BCUT2D eigenvalue weighted by atomic mass is 9.75. The third-order valence-corrected chi connectivity index (χ3v) is 7.65. The van der Waals surface area contributed by atoms with Crippen molar-refractivity contribution in [2.24, 2.45) is 0 Å². The van der Waals surface area contributed by atoms with Crippen molar-refractivity contribution in [1.82, 2.24) is 5.32 Å². The third kappa shape index (κ3) is 4.91. The van der Waals surface area contributed by atoms with E-state index in [2.05, 4.69) is 10.1 Å². The first-order valence-corrected chi connectivity index (χ1v) is 12.6. The van der Waals surface area contributed by atoms with E-state index in [0.717, 1.165) is 17.7 Å². The summed E-state index contributed by atoms with van der Waals surface area (Å²) < 4.78 is 60.5. The van der Waals surface area contributed by atoms with Crippen LogP contribution in [0.25, 0.3) is 16.7 Å². The van der Waals surface area contributed by atoms with E-state index in [1.165, 1.54) is 13.0 Å². The minimum atomic E-state index is -5.10. The molecule has 2 aliphatic heterocycles. The molecular formula is C27H26F4N2O4S. The first-order valence-electron chi connectivity index (χ1n) is 11.8. The van der Waals surface area contributed by atoms with Crippen LogP contribution < -0.4 is 15.0 Å². The van der Waals surface area contributed by atoms with Gasteiger partial charge >= 0.3 is 6.36 Å². The number of benzene rings is 2. The Morgan fingerprint density at radius 1 is 1.16 bits per heavy atom. The van der Waals surface area contributed by atoms with Crippen LogP contribution in [-0.2, 0) is 15.0 Å². The standard InChI is InChI=1S/C27H26F4N2O4S/c1-12(2)33-18-10-16(13(3)9-17(18)26(5,6)11-20(33)34)21-19(37-27(29,30)31)8-7-15(22(21)28)14(4)23-24(35)32-25(36)38-23/h7-10,12H,11H2,1-6H3,(H,32,35,36)/b23-14-. The van der Waals surface area contributed by atoms with Crippen molar-refractivity contribution in [1.29, 1.82) is 0 Å². The highest BCUT2D eigenvalue weighted by Crippen LogP contribution is 2.47. The molecule has 0 spiro atoms. The van der Waals surface area contributed by atoms with Crippen LogP contribution in [0.15, 0.2) is 29.2 Å². The Morgan fingerprint density at radius 3 is 2.37 bits per heavy atom. The number of anilines is 1. The summed E-state index contributed by atoms with van der Waals surface area (Å²) >= 11 is 0.584. The molecule has 0 aromatic heterocycles. The highest BCUT2D eigenvalue weighted by atomic mass is 32.2. The number of nitrogens with one attached hydrogen (secondary N) is 1. The van der Waals surface area contributed by atoms with Gasteiger partial charge in [-0.1, -0.05) is 19.9 Å². The average molecular weight is 551 g/mol. The Labute approximate surface area is 221 Å². The van der Waals surface area contributed by atoms with Crippen LogP contribution in [-0.4, -0.2) is 29.5 Å². The maximum absolute atomic E-state index is 16.2. The average Bonchev–Trinajstić information content (AvgIpc) is 3.10. The number of halogens is 4. The monoisotopic (exact) mass is 550 g/mol. The molecule has 202 valence electrons. The number of nitrogens with zero attached hydrogens (tertiary/aromatic N) is 1. The Morgan fingerprint density at radius 2 is 1.82 bits per heavy atom. The molecule has 0 bridgehead atoms. The number of alkyl halides is 3. The summed E-state index contributed by atoms with van der Waals surface area (Å²) in [6, 6.07) is 5.11. The molecule has 2 aliphatic rings. The van der Waals surface area contributed by atoms with E-state index >= 15 is 4.39 Å². The molecule has 0 radical (unpaired) electrons. The quantitative estimate of drug-likeness (QED) is 0.333. The maximum Gasteiger partial charge on any atom is 0.573 e. The predicted octanol–water partition coefficient (Wildman–Crippen LogP) is 6.84. The number of carbonyl (C=O) groups is 3. The second kappa shape index (κ2) is 9.44. The highest BCUT2D eigenvalue weighted by molar-refractivity contribution is 8.18. The summed E-state index contributed by atoms with van der Waals surface area (Å²) in [5.74, 6) is -2.68. The van der Waals surface area contributed by atoms with E-state index < -0.39 is 40.1 Å². The largest absolute Gasteiger partial charge is 0.573 e. The van der Waals surface area contributed by atoms with E-state index in [-0.39, 0.29) is 40.0 Å². The van der Waals surface area contributed by atoms with Crippen LogP contribution in [0.1, 0.15) is 57.7 Å². The first-order chi connectivity index (χ1) is 17.5. The molecule has 2 aromatic carbocycles. The Bertz CT molecular complexity index is 1410. The number of rotatable bonds is 4. The number of allylic oxidation sites excluding steroid dienone is 1. The van der Waals surface area contributed by atoms with Gasteiger partial charge in [0.1, 0.15) is 11.6 Å². The molecule has 0 unspecified atom stereocenters. The lowest BCUT2D eigenvalue weighted by molar-refractivity contribution is -0.274. The van der Waals surface area contributed by atoms with Crippen LogP contribution >= 0.6 is 11.8 Å². The number of amides is 3. The number of ether oxygens (including phenoxy) is 1. The van der Waals surface area contributed by atoms with E-state index in [9.17, 15) is 27.6 Å². The van der Waals surface area contributed by atoms with E-state index in [0.29, 0.717) is 23.0 Å². The van der Waals surface area contributed by atoms with E-state index in [1.807, 2.05) is 27.7 Å². The molecule has 2 aromatic rings. The normalized spacial score (nSPS) is 18.6. The van der Waals surface area contributed by atoms with Gasteiger partial charge in [0.2, 0.25) is 5.91 Å². The zero-order valence-corrected chi connectivity index (χ0v) is 22.4. The zero-order valence-electron chi connectivity index (χ0n) is 21.6. The second-order valence-corrected chi connectivity index (χ2v) is 11.2. The van der Waals surface area contributed by atoms with Gasteiger partial charge < -0.3 is 9.64 Å². The smallest absolute Gasteiger partial charge is 0.405 e. The summed E-state index contributed by atoms with van der Waals surface area (Å²) in [5, 5.41) is 1.46. The summed E-state index contributed by atoms with van der Waals surface area (Å²) in [6.45, 7) is 10.5. The fourth-order valence-electron chi connectivity index (χ4n) is 4.96. The lowest BCUT2D eigenvalue weighted by Crippen LogP contribution is -2.45.